The van der Waals surface area contributed by atoms with Crippen molar-refractivity contribution in [1.82, 2.24) is 0 Å². The minimum Gasteiger partial charge on any atom is -0.790 e. The van der Waals surface area contributed by atoms with Crippen LogP contribution < -0.4 is 68.9 Å². The number of carbonyl (C=O) groups excluding carboxylic acids is 2. The second-order valence-corrected chi connectivity index (χ2v) is 9.47. The van der Waals surface area contributed by atoms with Gasteiger partial charge in [-0.25, -0.2) is 4.79 Å². The van der Waals surface area contributed by atoms with Crippen molar-refractivity contribution < 1.29 is 97.1 Å². The summed E-state index contributed by atoms with van der Waals surface area (Å²) in [5, 5.41) is 0. The first-order chi connectivity index (χ1) is 17.3. The molecule has 0 heterocycles. The van der Waals surface area contributed by atoms with E-state index in [1.807, 2.05) is 0 Å². The molecule has 0 saturated heterocycles. The largest absolute Gasteiger partial charge is 1.00 e. The number of hydrogen-bond donors (Lipinski definition) is 0. The molecule has 0 amide bonds. The molecule has 0 aliphatic rings. The number of esters is 2. The second kappa shape index (κ2) is 29.7. The van der Waals surface area contributed by atoms with Gasteiger partial charge in [-0.3, -0.25) is 4.79 Å². The summed E-state index contributed by atoms with van der Waals surface area (Å²) in [6.45, 7) is 2.56. The average molecular weight is 569 g/mol. The van der Waals surface area contributed by atoms with E-state index >= 15 is 0 Å². The maximum atomic E-state index is 12.1. The summed E-state index contributed by atoms with van der Waals surface area (Å²) in [5.74, 6) is 12.5. The molecule has 0 aromatic carbocycles. The number of phosphoric acid groups is 1. The van der Waals surface area contributed by atoms with E-state index in [1.165, 1.54) is 57.8 Å². The number of rotatable bonds is 20. The molecule has 202 valence electrons. The zero-order valence-electron chi connectivity index (χ0n) is 23.6. The number of carbonyl (C=O) groups is 2. The molecular formula is C27H39Na2O8P. The van der Waals surface area contributed by atoms with Crippen LogP contribution in [0.1, 0.15) is 104 Å². The van der Waals surface area contributed by atoms with Crippen molar-refractivity contribution in [3.05, 3.63) is 0 Å². The maximum Gasteiger partial charge on any atom is 1.00 e. The molecule has 0 aromatic heterocycles. The van der Waals surface area contributed by atoms with Crippen molar-refractivity contribution >= 4 is 19.8 Å². The van der Waals surface area contributed by atoms with E-state index < -0.39 is 39.1 Å². The first-order valence-corrected chi connectivity index (χ1v) is 14.2. The fourth-order valence-corrected chi connectivity index (χ4v) is 3.58. The van der Waals surface area contributed by atoms with Gasteiger partial charge in [0, 0.05) is 12.3 Å². The van der Waals surface area contributed by atoms with Gasteiger partial charge in [-0.1, -0.05) is 89.9 Å². The molecule has 0 bridgehead atoms. The minimum absolute atomic E-state index is 0. The Morgan fingerprint density at radius 2 is 1.26 bits per heavy atom. The van der Waals surface area contributed by atoms with Crippen molar-refractivity contribution in [3.63, 3.8) is 0 Å². The molecule has 0 rings (SSSR count). The predicted octanol–water partition coefficient (Wildman–Crippen LogP) is -2.19. The Bertz CT molecular complexity index is 856. The van der Waals surface area contributed by atoms with E-state index in [4.69, 9.17) is 9.47 Å². The summed E-state index contributed by atoms with van der Waals surface area (Å²) in [4.78, 5) is 45.2. The normalized spacial score (nSPS) is 10.5. The SMILES string of the molecule is CC#CC#CC#CC(=O)OC[C@@H](COP(=O)([O-])[O-])OC(=O)CCCCCCCCCCCCCCC.[Na+].[Na+]. The molecule has 0 aromatic rings. The van der Waals surface area contributed by atoms with Crippen LogP contribution in [-0.4, -0.2) is 31.3 Å². The molecule has 38 heavy (non-hydrogen) atoms. The van der Waals surface area contributed by atoms with E-state index in [0.717, 1.165) is 19.3 Å². The fourth-order valence-electron chi connectivity index (χ4n) is 3.23. The summed E-state index contributed by atoms with van der Waals surface area (Å²) in [6, 6.07) is 0. The van der Waals surface area contributed by atoms with E-state index in [9.17, 15) is 23.9 Å². The predicted molar refractivity (Wildman–Crippen MR) is 134 cm³/mol. The van der Waals surface area contributed by atoms with Crippen LogP contribution in [0.3, 0.4) is 0 Å². The van der Waals surface area contributed by atoms with Crippen LogP contribution in [0.2, 0.25) is 0 Å². The zero-order chi connectivity index (χ0) is 26.9. The Balaban J connectivity index is -0.00000612. The first kappa shape index (κ1) is 42.2. The topological polar surface area (TPSA) is 125 Å². The quantitative estimate of drug-likeness (QED) is 0.0405. The van der Waals surface area contributed by atoms with E-state index in [0.29, 0.717) is 6.42 Å². The van der Waals surface area contributed by atoms with Gasteiger partial charge in [-0.2, -0.15) is 0 Å². The number of ether oxygens (including phenoxy) is 2. The molecule has 0 spiro atoms. The molecule has 0 unspecified atom stereocenters. The van der Waals surface area contributed by atoms with Gasteiger partial charge < -0.3 is 28.3 Å². The van der Waals surface area contributed by atoms with Crippen LogP contribution in [0.15, 0.2) is 0 Å². The molecule has 0 N–H and O–H groups in total. The standard InChI is InChI=1S/C27H41O8P.2Na/c1-3-5-7-9-10-11-12-13-14-15-16-18-20-22-27(29)35-25(24-34-36(30,31)32)23-33-26(28)21-19-17-8-6-4-2;;/h25H,3,5,7,9-16,18,20,22-24H2,1-2H3,(H2,30,31,32);;/q;2*+1/p-2/t25-;;/m0../s1. The third-order valence-corrected chi connectivity index (χ3v) is 5.54. The van der Waals surface area contributed by atoms with Crippen molar-refractivity contribution in [2.45, 2.75) is 110 Å². The van der Waals surface area contributed by atoms with Crippen LogP contribution in [-0.2, 0) is 28.2 Å². The summed E-state index contributed by atoms with van der Waals surface area (Å²) < 4.78 is 24.9. The van der Waals surface area contributed by atoms with Crippen molar-refractivity contribution in [3.8, 4) is 35.5 Å². The number of phosphoric ester groups is 1. The third-order valence-electron chi connectivity index (χ3n) is 5.08. The Labute approximate surface area is 273 Å². The Hall–Kier alpha value is -0.270. The average Bonchev–Trinajstić information content (AvgIpc) is 2.83. The van der Waals surface area contributed by atoms with Crippen LogP contribution >= 0.6 is 7.82 Å². The van der Waals surface area contributed by atoms with Crippen LogP contribution in [0.5, 0.6) is 0 Å². The molecule has 0 radical (unpaired) electrons. The molecule has 11 heteroatoms. The Kier molecular flexibility index (Phi) is 33.0. The van der Waals surface area contributed by atoms with Crippen molar-refractivity contribution in [1.29, 1.82) is 0 Å². The van der Waals surface area contributed by atoms with Gasteiger partial charge in [0.25, 0.3) is 0 Å². The van der Waals surface area contributed by atoms with Gasteiger partial charge in [0.1, 0.15) is 6.61 Å². The molecular weight excluding hydrogens is 529 g/mol. The van der Waals surface area contributed by atoms with Crippen LogP contribution in [0.25, 0.3) is 0 Å². The van der Waals surface area contributed by atoms with Gasteiger partial charge in [0.05, 0.1) is 14.4 Å². The van der Waals surface area contributed by atoms with Crippen LogP contribution in [0, 0.1) is 35.5 Å². The molecule has 0 aliphatic heterocycles. The molecule has 0 saturated carbocycles. The molecule has 1 atom stereocenters. The summed E-state index contributed by atoms with van der Waals surface area (Å²) in [7, 11) is -5.28. The summed E-state index contributed by atoms with van der Waals surface area (Å²) in [5.41, 5.74) is 0. The van der Waals surface area contributed by atoms with E-state index in [-0.39, 0.29) is 65.5 Å². The van der Waals surface area contributed by atoms with E-state index in [1.54, 1.807) is 6.92 Å². The van der Waals surface area contributed by atoms with Crippen molar-refractivity contribution in [2.24, 2.45) is 0 Å². The molecule has 0 aliphatic carbocycles. The fraction of sp³-hybridized carbons (Fsp3) is 0.704. The number of unbranched alkanes of at least 4 members (excludes halogenated alkanes) is 12. The Morgan fingerprint density at radius 1 is 0.763 bits per heavy atom. The van der Waals surface area contributed by atoms with E-state index in [2.05, 4.69) is 47.0 Å². The van der Waals surface area contributed by atoms with Gasteiger partial charge in [-0.15, -0.1) is 0 Å². The molecule has 8 nitrogen and oxygen atoms in total. The minimum atomic E-state index is -5.28. The molecule has 0 fully saturated rings. The monoisotopic (exact) mass is 568 g/mol. The van der Waals surface area contributed by atoms with Gasteiger partial charge in [0.2, 0.25) is 0 Å². The summed E-state index contributed by atoms with van der Waals surface area (Å²) in [6.07, 6.45) is 14.1. The third kappa shape index (κ3) is 31.9. The smallest absolute Gasteiger partial charge is 0.790 e. The maximum absolute atomic E-state index is 12.1. The van der Waals surface area contributed by atoms with Gasteiger partial charge in [0.15, 0.2) is 6.10 Å². The zero-order valence-corrected chi connectivity index (χ0v) is 28.5. The van der Waals surface area contributed by atoms with Gasteiger partial charge >= 0.3 is 71.1 Å². The van der Waals surface area contributed by atoms with Crippen molar-refractivity contribution in [2.75, 3.05) is 13.2 Å². The number of hydrogen-bond acceptors (Lipinski definition) is 8. The van der Waals surface area contributed by atoms with Gasteiger partial charge in [-0.05, 0) is 37.0 Å². The first-order valence-electron chi connectivity index (χ1n) is 12.7. The Morgan fingerprint density at radius 3 is 1.76 bits per heavy atom. The second-order valence-electron chi connectivity index (χ2n) is 8.32. The summed E-state index contributed by atoms with van der Waals surface area (Å²) >= 11 is 0. The van der Waals surface area contributed by atoms with Crippen LogP contribution in [0.4, 0.5) is 0 Å².